The van der Waals surface area contributed by atoms with Crippen molar-refractivity contribution in [3.05, 3.63) is 52.2 Å². The predicted octanol–water partition coefficient (Wildman–Crippen LogP) is 3.07. The van der Waals surface area contributed by atoms with Gasteiger partial charge in [-0.1, -0.05) is 18.2 Å². The minimum Gasteiger partial charge on any atom is -0.497 e. The zero-order valence-corrected chi connectivity index (χ0v) is 11.9. The molecule has 1 aromatic heterocycles. The van der Waals surface area contributed by atoms with Gasteiger partial charge in [0.15, 0.2) is 0 Å². The van der Waals surface area contributed by atoms with Crippen molar-refractivity contribution in [3.63, 3.8) is 0 Å². The first-order valence-electron chi connectivity index (χ1n) is 6.12. The highest BCUT2D eigenvalue weighted by molar-refractivity contribution is 7.12. The lowest BCUT2D eigenvalue weighted by atomic mass is 10.1. The Kier molecular flexibility index (Phi) is 4.58. The maximum atomic E-state index is 12.1. The Labute approximate surface area is 117 Å². The highest BCUT2D eigenvalue weighted by atomic mass is 32.1. The van der Waals surface area contributed by atoms with Crippen molar-refractivity contribution in [1.29, 1.82) is 0 Å². The van der Waals surface area contributed by atoms with Crippen molar-refractivity contribution in [3.8, 4) is 5.75 Å². The molecule has 0 saturated heterocycles. The summed E-state index contributed by atoms with van der Waals surface area (Å²) in [7, 11) is 3.49. The van der Waals surface area contributed by atoms with E-state index in [0.29, 0.717) is 6.54 Å². The van der Waals surface area contributed by atoms with Crippen LogP contribution in [-0.4, -0.2) is 31.5 Å². The summed E-state index contributed by atoms with van der Waals surface area (Å²) in [5.74, 6) is 0.933. The lowest BCUT2D eigenvalue weighted by Gasteiger charge is -2.16. The normalized spacial score (nSPS) is 10.2. The molecular formula is C15H17NO2S. The van der Waals surface area contributed by atoms with E-state index in [9.17, 15) is 4.79 Å². The number of hydrogen-bond donors (Lipinski definition) is 0. The van der Waals surface area contributed by atoms with E-state index in [2.05, 4.69) is 0 Å². The van der Waals surface area contributed by atoms with E-state index >= 15 is 0 Å². The third kappa shape index (κ3) is 3.58. The van der Waals surface area contributed by atoms with Crippen LogP contribution in [0.25, 0.3) is 0 Å². The van der Waals surface area contributed by atoms with Crippen LogP contribution in [0.4, 0.5) is 0 Å². The Bertz CT molecular complexity index is 537. The van der Waals surface area contributed by atoms with Crippen molar-refractivity contribution in [2.75, 3.05) is 20.7 Å². The number of benzene rings is 1. The Hall–Kier alpha value is -1.81. The van der Waals surface area contributed by atoms with E-state index in [4.69, 9.17) is 4.74 Å². The van der Waals surface area contributed by atoms with E-state index in [0.717, 1.165) is 17.0 Å². The molecule has 0 aliphatic heterocycles. The summed E-state index contributed by atoms with van der Waals surface area (Å²) in [6.07, 6.45) is 0.824. The topological polar surface area (TPSA) is 29.5 Å². The number of ether oxygens (including phenoxy) is 1. The van der Waals surface area contributed by atoms with Gasteiger partial charge in [-0.3, -0.25) is 4.79 Å². The maximum Gasteiger partial charge on any atom is 0.263 e. The van der Waals surface area contributed by atoms with Gasteiger partial charge in [0, 0.05) is 13.6 Å². The largest absolute Gasteiger partial charge is 0.497 e. The number of thiophene rings is 1. The third-order valence-electron chi connectivity index (χ3n) is 2.95. The van der Waals surface area contributed by atoms with E-state index < -0.39 is 0 Å². The summed E-state index contributed by atoms with van der Waals surface area (Å²) in [4.78, 5) is 14.6. The molecule has 0 radical (unpaired) electrons. The third-order valence-corrected chi connectivity index (χ3v) is 3.81. The number of hydrogen-bond acceptors (Lipinski definition) is 3. The predicted molar refractivity (Wildman–Crippen MR) is 78.0 cm³/mol. The van der Waals surface area contributed by atoms with E-state index in [1.165, 1.54) is 16.9 Å². The van der Waals surface area contributed by atoms with Gasteiger partial charge in [-0.15, -0.1) is 11.3 Å². The number of carbonyl (C=O) groups is 1. The molecule has 0 N–H and O–H groups in total. The number of rotatable bonds is 5. The molecule has 0 bridgehead atoms. The molecule has 0 saturated carbocycles. The number of likely N-dealkylation sites (N-methyl/N-ethyl adjacent to an activating group) is 1. The van der Waals surface area contributed by atoms with Crippen LogP contribution in [0.15, 0.2) is 41.8 Å². The number of methoxy groups -OCH3 is 1. The van der Waals surface area contributed by atoms with Gasteiger partial charge < -0.3 is 9.64 Å². The molecule has 1 aromatic carbocycles. The fourth-order valence-electron chi connectivity index (χ4n) is 1.81. The van der Waals surface area contributed by atoms with Gasteiger partial charge in [0.1, 0.15) is 5.75 Å². The molecule has 4 heteroatoms. The minimum absolute atomic E-state index is 0.0814. The van der Waals surface area contributed by atoms with Crippen molar-refractivity contribution < 1.29 is 9.53 Å². The molecule has 0 unspecified atom stereocenters. The van der Waals surface area contributed by atoms with Crippen molar-refractivity contribution >= 4 is 17.2 Å². The van der Waals surface area contributed by atoms with Gasteiger partial charge >= 0.3 is 0 Å². The standard InChI is InChI=1S/C15H17NO2S/c1-16(15(17)14-7-4-10-19-14)9-8-12-5-3-6-13(11-12)18-2/h3-7,10-11H,8-9H2,1-2H3. The van der Waals surface area contributed by atoms with Crippen LogP contribution in [0.5, 0.6) is 5.75 Å². The molecule has 0 atom stereocenters. The van der Waals surface area contributed by atoms with Crippen molar-refractivity contribution in [2.45, 2.75) is 6.42 Å². The monoisotopic (exact) mass is 275 g/mol. The molecule has 1 amide bonds. The number of nitrogens with zero attached hydrogens (tertiary/aromatic N) is 1. The second kappa shape index (κ2) is 6.38. The summed E-state index contributed by atoms with van der Waals surface area (Å²) in [6.45, 7) is 0.698. The van der Waals surface area contributed by atoms with Crippen LogP contribution >= 0.6 is 11.3 Å². The lowest BCUT2D eigenvalue weighted by Crippen LogP contribution is -2.28. The summed E-state index contributed by atoms with van der Waals surface area (Å²) in [5.41, 5.74) is 1.17. The summed E-state index contributed by atoms with van der Waals surface area (Å²) in [6, 6.07) is 11.7. The molecule has 100 valence electrons. The van der Waals surface area contributed by atoms with E-state index in [1.807, 2.05) is 48.8 Å². The molecule has 1 heterocycles. The van der Waals surface area contributed by atoms with Crippen molar-refractivity contribution in [2.24, 2.45) is 0 Å². The van der Waals surface area contributed by atoms with Crippen LogP contribution in [-0.2, 0) is 6.42 Å². The molecular weight excluding hydrogens is 258 g/mol. The first-order chi connectivity index (χ1) is 9.20. The lowest BCUT2D eigenvalue weighted by molar-refractivity contribution is 0.0801. The second-order valence-electron chi connectivity index (χ2n) is 4.31. The Morgan fingerprint density at radius 3 is 2.84 bits per heavy atom. The fraction of sp³-hybridized carbons (Fsp3) is 0.267. The minimum atomic E-state index is 0.0814. The van der Waals surface area contributed by atoms with Gasteiger partial charge in [0.25, 0.3) is 5.91 Å². The van der Waals surface area contributed by atoms with E-state index in [1.54, 1.807) is 12.0 Å². The quantitative estimate of drug-likeness (QED) is 0.839. The van der Waals surface area contributed by atoms with Crippen LogP contribution in [0.1, 0.15) is 15.2 Å². The van der Waals surface area contributed by atoms with Gasteiger partial charge in [-0.25, -0.2) is 0 Å². The molecule has 0 aliphatic rings. The molecule has 3 nitrogen and oxygen atoms in total. The Balaban J connectivity index is 1.92. The average molecular weight is 275 g/mol. The van der Waals surface area contributed by atoms with Crippen LogP contribution in [0, 0.1) is 0 Å². The van der Waals surface area contributed by atoms with Gasteiger partial charge in [0.05, 0.1) is 12.0 Å². The molecule has 19 heavy (non-hydrogen) atoms. The van der Waals surface area contributed by atoms with Gasteiger partial charge in [-0.05, 0) is 35.6 Å². The molecule has 0 fully saturated rings. The van der Waals surface area contributed by atoms with Crippen LogP contribution < -0.4 is 4.74 Å². The molecule has 0 spiro atoms. The smallest absolute Gasteiger partial charge is 0.263 e. The van der Waals surface area contributed by atoms with Crippen LogP contribution in [0.2, 0.25) is 0 Å². The zero-order chi connectivity index (χ0) is 13.7. The summed E-state index contributed by atoms with van der Waals surface area (Å²) >= 11 is 1.48. The summed E-state index contributed by atoms with van der Waals surface area (Å²) < 4.78 is 5.19. The molecule has 2 rings (SSSR count). The first-order valence-corrected chi connectivity index (χ1v) is 7.00. The second-order valence-corrected chi connectivity index (χ2v) is 5.25. The zero-order valence-electron chi connectivity index (χ0n) is 11.1. The van der Waals surface area contributed by atoms with Gasteiger partial charge in [0.2, 0.25) is 0 Å². The SMILES string of the molecule is COc1cccc(CCN(C)C(=O)c2cccs2)c1. The number of amides is 1. The highest BCUT2D eigenvalue weighted by Crippen LogP contribution is 2.14. The fourth-order valence-corrected chi connectivity index (χ4v) is 2.53. The van der Waals surface area contributed by atoms with Crippen molar-refractivity contribution in [1.82, 2.24) is 4.90 Å². The highest BCUT2D eigenvalue weighted by Gasteiger charge is 2.12. The van der Waals surface area contributed by atoms with Crippen LogP contribution in [0.3, 0.4) is 0 Å². The molecule has 0 aliphatic carbocycles. The van der Waals surface area contributed by atoms with E-state index in [-0.39, 0.29) is 5.91 Å². The average Bonchev–Trinajstić information content (AvgIpc) is 2.98. The Morgan fingerprint density at radius 2 is 2.16 bits per heavy atom. The number of carbonyl (C=O) groups excluding carboxylic acids is 1. The Morgan fingerprint density at radius 1 is 1.32 bits per heavy atom. The summed E-state index contributed by atoms with van der Waals surface area (Å²) in [5, 5.41) is 1.92. The van der Waals surface area contributed by atoms with Gasteiger partial charge in [-0.2, -0.15) is 0 Å². The maximum absolute atomic E-state index is 12.1. The molecule has 2 aromatic rings. The first kappa shape index (κ1) is 13.6.